The first kappa shape index (κ1) is 26.0. The second-order valence-electron chi connectivity index (χ2n) is 8.73. The molecule has 1 atom stereocenters. The van der Waals surface area contributed by atoms with Gasteiger partial charge < -0.3 is 9.63 Å². The first-order valence-corrected chi connectivity index (χ1v) is 11.3. The predicted octanol–water partition coefficient (Wildman–Crippen LogP) is 6.44. The number of aliphatic carboxylic acids is 1. The van der Waals surface area contributed by atoms with E-state index in [2.05, 4.69) is 10.1 Å². The Bertz CT molecular complexity index is 1450. The van der Waals surface area contributed by atoms with Crippen LogP contribution in [0.2, 0.25) is 0 Å². The van der Waals surface area contributed by atoms with Gasteiger partial charge in [0.15, 0.2) is 0 Å². The summed E-state index contributed by atoms with van der Waals surface area (Å²) in [5.41, 5.74) is 0.969. The summed E-state index contributed by atoms with van der Waals surface area (Å²) in [6.45, 7) is 3.29. The molecule has 1 aromatic heterocycles. The first-order valence-electron chi connectivity index (χ1n) is 11.3. The lowest BCUT2D eigenvalue weighted by molar-refractivity contribution is -0.142. The third kappa shape index (κ3) is 5.54. The number of aryl methyl sites for hydroxylation is 1. The Kier molecular flexibility index (Phi) is 7.13. The maximum absolute atomic E-state index is 14.7. The van der Waals surface area contributed by atoms with Crippen LogP contribution in [0.25, 0.3) is 34.0 Å². The second-order valence-corrected chi connectivity index (χ2v) is 8.73. The van der Waals surface area contributed by atoms with Crippen molar-refractivity contribution in [2.45, 2.75) is 32.6 Å². The van der Waals surface area contributed by atoms with Gasteiger partial charge in [0.05, 0.1) is 5.56 Å². The molecular weight excluding hydrogens is 490 g/mol. The van der Waals surface area contributed by atoms with Crippen LogP contribution in [0.4, 0.5) is 17.6 Å². The fourth-order valence-corrected chi connectivity index (χ4v) is 3.89. The molecule has 0 spiro atoms. The van der Waals surface area contributed by atoms with Crippen LogP contribution in [-0.2, 0) is 17.5 Å². The Labute approximate surface area is 210 Å². The van der Waals surface area contributed by atoms with Crippen molar-refractivity contribution in [3.05, 3.63) is 83.2 Å². The molecule has 0 aliphatic rings. The topological polar surface area (TPSA) is 79.5 Å². The SMILES string of the molecule is Cc1ccccc1-c1ccc(-c2nc(-c3ccc(CN(C)C(C)C(=O)O)c(F)c3)no2)cc1C(F)(F)F. The van der Waals surface area contributed by atoms with Gasteiger partial charge in [-0.1, -0.05) is 47.6 Å². The van der Waals surface area contributed by atoms with Crippen molar-refractivity contribution in [2.24, 2.45) is 0 Å². The number of carbonyl (C=O) groups is 1. The fourth-order valence-electron chi connectivity index (χ4n) is 3.89. The van der Waals surface area contributed by atoms with Crippen molar-refractivity contribution in [1.29, 1.82) is 0 Å². The van der Waals surface area contributed by atoms with Crippen molar-refractivity contribution in [3.63, 3.8) is 0 Å². The number of aromatic nitrogens is 2. The van der Waals surface area contributed by atoms with Crippen molar-refractivity contribution in [1.82, 2.24) is 15.0 Å². The molecule has 1 N–H and O–H groups in total. The zero-order valence-electron chi connectivity index (χ0n) is 20.2. The summed E-state index contributed by atoms with van der Waals surface area (Å²) in [5.74, 6) is -1.77. The molecule has 0 radical (unpaired) electrons. The third-order valence-corrected chi connectivity index (χ3v) is 6.18. The summed E-state index contributed by atoms with van der Waals surface area (Å²) in [6, 6.07) is 14.0. The number of hydrogen-bond acceptors (Lipinski definition) is 5. The van der Waals surface area contributed by atoms with Crippen molar-refractivity contribution in [3.8, 4) is 34.0 Å². The summed E-state index contributed by atoms with van der Waals surface area (Å²) in [5, 5.41) is 12.9. The average Bonchev–Trinajstić information content (AvgIpc) is 3.34. The fraction of sp³-hybridized carbons (Fsp3) is 0.222. The molecule has 4 rings (SSSR count). The molecule has 3 aromatic carbocycles. The molecule has 6 nitrogen and oxygen atoms in total. The molecule has 0 amide bonds. The maximum atomic E-state index is 14.7. The smallest absolute Gasteiger partial charge is 0.417 e. The quantitative estimate of drug-likeness (QED) is 0.287. The third-order valence-electron chi connectivity index (χ3n) is 6.18. The Morgan fingerprint density at radius 1 is 1.05 bits per heavy atom. The molecular formula is C27H23F4N3O3. The van der Waals surface area contributed by atoms with Gasteiger partial charge in [0.25, 0.3) is 5.89 Å². The van der Waals surface area contributed by atoms with Crippen LogP contribution in [0.3, 0.4) is 0 Å². The van der Waals surface area contributed by atoms with Gasteiger partial charge in [0.1, 0.15) is 11.9 Å². The minimum absolute atomic E-state index is 0.00393. The Balaban J connectivity index is 1.64. The van der Waals surface area contributed by atoms with Crippen LogP contribution in [0.1, 0.15) is 23.6 Å². The Hall–Kier alpha value is -4.05. The number of halogens is 4. The van der Waals surface area contributed by atoms with Crippen LogP contribution < -0.4 is 0 Å². The second kappa shape index (κ2) is 10.1. The number of benzene rings is 3. The molecule has 10 heteroatoms. The molecule has 0 saturated heterocycles. The minimum atomic E-state index is -4.62. The number of carboxylic acid groups (broad SMARTS) is 1. The summed E-state index contributed by atoms with van der Waals surface area (Å²) >= 11 is 0. The van der Waals surface area contributed by atoms with Gasteiger partial charge in [-0.2, -0.15) is 18.2 Å². The van der Waals surface area contributed by atoms with E-state index in [0.29, 0.717) is 11.1 Å². The van der Waals surface area contributed by atoms with Crippen LogP contribution in [-0.4, -0.2) is 39.2 Å². The largest absolute Gasteiger partial charge is 0.480 e. The van der Waals surface area contributed by atoms with Gasteiger partial charge in [-0.25, -0.2) is 4.39 Å². The average molecular weight is 513 g/mol. The highest BCUT2D eigenvalue weighted by Gasteiger charge is 2.35. The van der Waals surface area contributed by atoms with Crippen LogP contribution in [0, 0.1) is 12.7 Å². The lowest BCUT2D eigenvalue weighted by Gasteiger charge is -2.21. The molecule has 0 saturated carbocycles. The zero-order chi connectivity index (χ0) is 26.9. The summed E-state index contributed by atoms with van der Waals surface area (Å²) in [4.78, 5) is 16.8. The van der Waals surface area contributed by atoms with E-state index in [9.17, 15) is 22.4 Å². The summed E-state index contributed by atoms with van der Waals surface area (Å²) in [7, 11) is 1.57. The minimum Gasteiger partial charge on any atom is -0.480 e. The number of rotatable bonds is 7. The monoisotopic (exact) mass is 513 g/mol. The molecule has 0 aliphatic heterocycles. The van der Waals surface area contributed by atoms with Crippen LogP contribution in [0.15, 0.2) is 65.2 Å². The molecule has 0 fully saturated rings. The van der Waals surface area contributed by atoms with Gasteiger partial charge in [-0.3, -0.25) is 9.69 Å². The highest BCUT2D eigenvalue weighted by molar-refractivity contribution is 5.75. The highest BCUT2D eigenvalue weighted by Crippen LogP contribution is 2.40. The number of nitrogens with zero attached hydrogens (tertiary/aromatic N) is 3. The molecule has 192 valence electrons. The van der Waals surface area contributed by atoms with Crippen molar-refractivity contribution < 1.29 is 32.0 Å². The summed E-state index contributed by atoms with van der Waals surface area (Å²) < 4.78 is 61.8. The van der Waals surface area contributed by atoms with E-state index in [1.54, 1.807) is 38.2 Å². The van der Waals surface area contributed by atoms with E-state index in [4.69, 9.17) is 9.63 Å². The van der Waals surface area contributed by atoms with Gasteiger partial charge in [0, 0.05) is 23.2 Å². The molecule has 4 aromatic rings. The van der Waals surface area contributed by atoms with Gasteiger partial charge in [0.2, 0.25) is 5.82 Å². The lowest BCUT2D eigenvalue weighted by atomic mass is 9.94. The van der Waals surface area contributed by atoms with E-state index >= 15 is 0 Å². The maximum Gasteiger partial charge on any atom is 0.417 e. The number of likely N-dealkylation sites (N-methyl/N-ethyl adjacent to an activating group) is 1. The van der Waals surface area contributed by atoms with E-state index in [1.807, 2.05) is 0 Å². The normalized spacial score (nSPS) is 12.6. The number of carboxylic acids is 1. The summed E-state index contributed by atoms with van der Waals surface area (Å²) in [6.07, 6.45) is -4.62. The Morgan fingerprint density at radius 3 is 2.41 bits per heavy atom. The molecule has 1 unspecified atom stereocenters. The zero-order valence-corrected chi connectivity index (χ0v) is 20.2. The van der Waals surface area contributed by atoms with Gasteiger partial charge >= 0.3 is 12.1 Å². The Morgan fingerprint density at radius 2 is 1.76 bits per heavy atom. The number of alkyl halides is 3. The highest BCUT2D eigenvalue weighted by atomic mass is 19.4. The molecule has 0 aliphatic carbocycles. The van der Waals surface area contributed by atoms with Crippen molar-refractivity contribution in [2.75, 3.05) is 7.05 Å². The lowest BCUT2D eigenvalue weighted by Crippen LogP contribution is -2.35. The predicted molar refractivity (Wildman–Crippen MR) is 129 cm³/mol. The van der Waals surface area contributed by atoms with Gasteiger partial charge in [-0.05, 0) is 55.8 Å². The van der Waals surface area contributed by atoms with E-state index in [1.165, 1.54) is 42.2 Å². The van der Waals surface area contributed by atoms with Crippen LogP contribution >= 0.6 is 0 Å². The van der Waals surface area contributed by atoms with E-state index < -0.39 is 29.6 Å². The molecule has 0 bridgehead atoms. The van der Waals surface area contributed by atoms with Crippen LogP contribution in [0.5, 0.6) is 0 Å². The van der Waals surface area contributed by atoms with E-state index in [-0.39, 0.29) is 40.5 Å². The van der Waals surface area contributed by atoms with Crippen molar-refractivity contribution >= 4 is 5.97 Å². The molecule has 1 heterocycles. The van der Waals surface area contributed by atoms with Gasteiger partial charge in [-0.15, -0.1) is 0 Å². The standard InChI is InChI=1S/C27H23F4N3O3/c1-15-6-4-5-7-20(15)21-11-10-18(12-22(21)27(29,30)31)25-32-24(33-37-25)17-8-9-19(23(28)13-17)14-34(3)16(2)26(35)36/h4-13,16H,14H2,1-3H3,(H,35,36). The first-order chi connectivity index (χ1) is 17.5. The number of hydrogen-bond donors (Lipinski definition) is 1. The molecule has 37 heavy (non-hydrogen) atoms. The van der Waals surface area contributed by atoms with E-state index in [0.717, 1.165) is 6.07 Å².